The Labute approximate surface area is 211 Å². The van der Waals surface area contributed by atoms with Gasteiger partial charge in [-0.1, -0.05) is 75.0 Å². The van der Waals surface area contributed by atoms with Gasteiger partial charge in [-0.3, -0.25) is 4.79 Å². The number of rotatable bonds is 8. The topological polar surface area (TPSA) is 78.8 Å². The Morgan fingerprint density at radius 2 is 1.70 bits per heavy atom. The van der Waals surface area contributed by atoms with Crippen molar-refractivity contribution in [3.05, 3.63) is 97.9 Å². The van der Waals surface area contributed by atoms with Crippen LogP contribution >= 0.6 is 39.1 Å². The zero-order valence-corrected chi connectivity index (χ0v) is 21.4. The van der Waals surface area contributed by atoms with Crippen LogP contribution in [0.15, 0.2) is 81.2 Å². The minimum Gasteiger partial charge on any atom is -0.272 e. The van der Waals surface area contributed by atoms with Crippen LogP contribution in [0.4, 0.5) is 0 Å². The van der Waals surface area contributed by atoms with E-state index in [-0.39, 0.29) is 11.4 Å². The van der Waals surface area contributed by atoms with Crippen molar-refractivity contribution in [2.45, 2.75) is 18.4 Å². The van der Waals surface area contributed by atoms with Crippen molar-refractivity contribution in [3.8, 4) is 0 Å². The quantitative estimate of drug-likeness (QED) is 0.292. The van der Waals surface area contributed by atoms with E-state index in [1.807, 2.05) is 31.2 Å². The largest absolute Gasteiger partial charge is 0.272 e. The third-order valence-corrected chi connectivity index (χ3v) is 7.63. The molecule has 10 heteroatoms. The lowest BCUT2D eigenvalue weighted by Crippen LogP contribution is -2.39. The molecule has 0 saturated carbocycles. The monoisotopic (exact) mass is 567 g/mol. The highest BCUT2D eigenvalue weighted by molar-refractivity contribution is 9.10. The Balaban J connectivity index is 1.84. The second-order valence-electron chi connectivity index (χ2n) is 7.13. The number of benzene rings is 3. The zero-order valence-electron chi connectivity index (χ0n) is 17.5. The first-order valence-electron chi connectivity index (χ1n) is 9.74. The molecular weight excluding hydrogens is 549 g/mol. The zero-order chi connectivity index (χ0) is 24.0. The lowest BCUT2D eigenvalue weighted by molar-refractivity contribution is -0.121. The summed E-state index contributed by atoms with van der Waals surface area (Å²) in [6.07, 6.45) is 1.46. The van der Waals surface area contributed by atoms with E-state index in [1.165, 1.54) is 18.3 Å². The average molecular weight is 569 g/mol. The van der Waals surface area contributed by atoms with Crippen LogP contribution in [-0.4, -0.2) is 31.4 Å². The molecule has 172 valence electrons. The minimum atomic E-state index is -4.03. The molecule has 0 atom stereocenters. The molecule has 0 aliphatic heterocycles. The normalized spacial score (nSPS) is 11.8. The molecule has 3 rings (SSSR count). The predicted molar refractivity (Wildman–Crippen MR) is 135 cm³/mol. The summed E-state index contributed by atoms with van der Waals surface area (Å²) in [6.45, 7) is 1.19. The molecule has 0 bridgehead atoms. The molecule has 0 aliphatic carbocycles. The van der Waals surface area contributed by atoms with Crippen LogP contribution in [-0.2, 0) is 21.4 Å². The van der Waals surface area contributed by atoms with Crippen LogP contribution in [0, 0.1) is 6.92 Å². The predicted octanol–water partition coefficient (Wildman–Crippen LogP) is 5.41. The van der Waals surface area contributed by atoms with Crippen molar-refractivity contribution in [3.63, 3.8) is 0 Å². The van der Waals surface area contributed by atoms with Gasteiger partial charge in [0.2, 0.25) is 10.0 Å². The summed E-state index contributed by atoms with van der Waals surface area (Å²) in [5, 5.41) is 4.54. The number of nitrogens with zero attached hydrogens (tertiary/aromatic N) is 2. The van der Waals surface area contributed by atoms with Crippen molar-refractivity contribution in [1.29, 1.82) is 0 Å². The number of nitrogens with one attached hydrogen (secondary N) is 1. The van der Waals surface area contributed by atoms with Gasteiger partial charge in [0.05, 0.1) is 17.7 Å². The molecular formula is C23H20BrCl2N3O3S. The van der Waals surface area contributed by atoms with Gasteiger partial charge in [0, 0.05) is 26.6 Å². The van der Waals surface area contributed by atoms with E-state index < -0.39 is 22.5 Å². The lowest BCUT2D eigenvalue weighted by atomic mass is 10.2. The first-order valence-corrected chi connectivity index (χ1v) is 12.7. The standard InChI is InChI=1S/C23H20BrCl2N3O3S/c1-16-8-10-19(11-9-16)33(31,32)29(14-20-21(25)6-3-7-22(20)26)15-23(30)28-27-13-17-4-2-5-18(24)12-17/h2-13H,14-15H2,1H3,(H,28,30)/b27-13-. The maximum Gasteiger partial charge on any atom is 0.255 e. The van der Waals surface area contributed by atoms with Crippen molar-refractivity contribution in [2.75, 3.05) is 6.54 Å². The van der Waals surface area contributed by atoms with Gasteiger partial charge in [-0.05, 0) is 48.9 Å². The van der Waals surface area contributed by atoms with Gasteiger partial charge in [-0.15, -0.1) is 0 Å². The highest BCUT2D eigenvalue weighted by Gasteiger charge is 2.28. The number of hydrogen-bond donors (Lipinski definition) is 1. The van der Waals surface area contributed by atoms with Crippen LogP contribution in [0.2, 0.25) is 10.0 Å². The number of carbonyl (C=O) groups excluding carboxylic acids is 1. The fraction of sp³-hybridized carbons (Fsp3) is 0.130. The summed E-state index contributed by atoms with van der Waals surface area (Å²) in [5.74, 6) is -0.611. The van der Waals surface area contributed by atoms with E-state index in [0.29, 0.717) is 15.6 Å². The average Bonchev–Trinajstić information content (AvgIpc) is 2.76. The maximum atomic E-state index is 13.4. The maximum absolute atomic E-state index is 13.4. The van der Waals surface area contributed by atoms with Crippen LogP contribution in [0.3, 0.4) is 0 Å². The molecule has 3 aromatic carbocycles. The fourth-order valence-electron chi connectivity index (χ4n) is 2.91. The van der Waals surface area contributed by atoms with E-state index >= 15 is 0 Å². The summed E-state index contributed by atoms with van der Waals surface area (Å²) < 4.78 is 28.6. The van der Waals surface area contributed by atoms with Crippen LogP contribution in [0.25, 0.3) is 0 Å². The third-order valence-electron chi connectivity index (χ3n) is 4.63. The second kappa shape index (κ2) is 11.3. The molecule has 0 aromatic heterocycles. The van der Waals surface area contributed by atoms with Gasteiger partial charge >= 0.3 is 0 Å². The minimum absolute atomic E-state index is 0.0571. The number of halogens is 3. The van der Waals surface area contributed by atoms with Crippen LogP contribution in [0.5, 0.6) is 0 Å². The van der Waals surface area contributed by atoms with Crippen molar-refractivity contribution in [2.24, 2.45) is 5.10 Å². The molecule has 0 saturated heterocycles. The molecule has 3 aromatic rings. The van der Waals surface area contributed by atoms with E-state index in [2.05, 4.69) is 26.5 Å². The Kier molecular flexibility index (Phi) is 8.67. The smallest absolute Gasteiger partial charge is 0.255 e. The Morgan fingerprint density at radius 3 is 2.33 bits per heavy atom. The van der Waals surface area contributed by atoms with Gasteiger partial charge in [0.25, 0.3) is 5.91 Å². The third kappa shape index (κ3) is 6.88. The fourth-order valence-corrected chi connectivity index (χ4v) is 5.20. The molecule has 6 nitrogen and oxygen atoms in total. The van der Waals surface area contributed by atoms with Crippen molar-refractivity contribution < 1.29 is 13.2 Å². The molecule has 0 fully saturated rings. The van der Waals surface area contributed by atoms with Gasteiger partial charge in [0.1, 0.15) is 0 Å². The van der Waals surface area contributed by atoms with Crippen LogP contribution < -0.4 is 5.43 Å². The molecule has 33 heavy (non-hydrogen) atoms. The summed E-state index contributed by atoms with van der Waals surface area (Å²) >= 11 is 15.9. The Bertz CT molecular complexity index is 1260. The van der Waals surface area contributed by atoms with Crippen LogP contribution in [0.1, 0.15) is 16.7 Å². The van der Waals surface area contributed by atoms with Gasteiger partial charge < -0.3 is 0 Å². The second-order valence-corrected chi connectivity index (χ2v) is 10.8. The highest BCUT2D eigenvalue weighted by Crippen LogP contribution is 2.28. The highest BCUT2D eigenvalue weighted by atomic mass is 79.9. The van der Waals surface area contributed by atoms with Gasteiger partial charge in [0.15, 0.2) is 0 Å². The molecule has 0 spiro atoms. The molecule has 0 radical (unpaired) electrons. The van der Waals surface area contributed by atoms with E-state index in [4.69, 9.17) is 23.2 Å². The number of aryl methyl sites for hydroxylation is 1. The molecule has 0 unspecified atom stereocenters. The van der Waals surface area contributed by atoms with Gasteiger partial charge in [-0.2, -0.15) is 9.41 Å². The van der Waals surface area contributed by atoms with E-state index in [0.717, 1.165) is 19.9 Å². The number of sulfonamides is 1. The molecule has 0 heterocycles. The number of hydrogen-bond acceptors (Lipinski definition) is 4. The molecule has 1 amide bonds. The van der Waals surface area contributed by atoms with E-state index in [9.17, 15) is 13.2 Å². The number of amides is 1. The Morgan fingerprint density at radius 1 is 1.06 bits per heavy atom. The number of hydrazone groups is 1. The Hall–Kier alpha value is -2.23. The lowest BCUT2D eigenvalue weighted by Gasteiger charge is -2.22. The SMILES string of the molecule is Cc1ccc(S(=O)(=O)N(CC(=O)N/N=C\c2cccc(Br)c2)Cc2c(Cl)cccc2Cl)cc1. The van der Waals surface area contributed by atoms with Crippen molar-refractivity contribution >= 4 is 61.3 Å². The summed E-state index contributed by atoms with van der Waals surface area (Å²) in [4.78, 5) is 12.7. The van der Waals surface area contributed by atoms with Crippen molar-refractivity contribution in [1.82, 2.24) is 9.73 Å². The first-order chi connectivity index (χ1) is 15.7. The number of carbonyl (C=O) groups is 1. The molecule has 1 N–H and O–H groups in total. The van der Waals surface area contributed by atoms with E-state index in [1.54, 1.807) is 30.3 Å². The summed E-state index contributed by atoms with van der Waals surface area (Å²) in [5.41, 5.74) is 4.45. The summed E-state index contributed by atoms with van der Waals surface area (Å²) in [6, 6.07) is 18.6. The summed E-state index contributed by atoms with van der Waals surface area (Å²) in [7, 11) is -4.03. The van der Waals surface area contributed by atoms with Gasteiger partial charge in [-0.25, -0.2) is 13.8 Å². The molecule has 0 aliphatic rings. The first kappa shape index (κ1) is 25.4.